The van der Waals surface area contributed by atoms with Gasteiger partial charge >= 0.3 is 98.9 Å². The van der Waals surface area contributed by atoms with Gasteiger partial charge in [0, 0.05) is 0 Å². The van der Waals surface area contributed by atoms with Gasteiger partial charge in [-0.1, -0.05) is 0 Å². The van der Waals surface area contributed by atoms with Gasteiger partial charge in [-0.05, 0) is 0 Å². The van der Waals surface area contributed by atoms with Gasteiger partial charge < -0.3 is 77.0 Å². The van der Waals surface area contributed by atoms with E-state index in [9.17, 15) is 0 Å². The Kier molecular flexibility index (Phi) is 68.8. The molecule has 0 saturated carbocycles. The first-order valence-corrected chi connectivity index (χ1v) is 8.76. The van der Waals surface area contributed by atoms with Crippen LogP contribution >= 0.6 is 31.3 Å². The molecule has 0 atom stereocenters. The third-order valence-electron chi connectivity index (χ3n) is 0. The molecule has 0 aliphatic rings. The Morgan fingerprint density at radius 3 is 0.269 bits per heavy atom. The Balaban J connectivity index is -0.0000000152. The van der Waals surface area contributed by atoms with Crippen LogP contribution in [0.5, 0.6) is 0 Å². The Labute approximate surface area is 205 Å². The van der Waals surface area contributed by atoms with E-state index in [0.717, 1.165) is 0 Å². The summed E-state index contributed by atoms with van der Waals surface area (Å²) in [6.07, 6.45) is 0. The number of hydrogen-bond acceptors (Lipinski definition) is 16. The zero-order chi connectivity index (χ0) is 18.0. The van der Waals surface area contributed by atoms with Crippen LogP contribution in [0.2, 0.25) is 0 Å². The molecule has 0 fully saturated rings. The Morgan fingerprint density at radius 1 is 0.269 bits per heavy atom. The van der Waals surface area contributed by atoms with Crippen molar-refractivity contribution in [3.05, 3.63) is 0 Å². The summed E-state index contributed by atoms with van der Waals surface area (Å²) in [7, 11) is -21.6. The smallest absolute Gasteiger partial charge is 0.822 e. The fourth-order valence-electron chi connectivity index (χ4n) is 0. The standard InChI is InChI=1S/6Ni.4H3O4P/c;;;;;;4*1-5(2,3)4/h;;;;;;4*(H3,1,2,3,4)/q6*+2;;;;/p-12. The average molecular weight is 732 g/mol. The molecule has 0 aromatic rings. The molecule has 26 heteroatoms. The number of phosphoric acid groups is 4. The largest absolute Gasteiger partial charge is 2.00 e. The fraction of sp³-hybridized carbons (Fsp3) is 0. The summed E-state index contributed by atoms with van der Waals surface area (Å²) in [5.74, 6) is 0. The molecule has 0 spiro atoms. The van der Waals surface area contributed by atoms with E-state index in [0.29, 0.717) is 0 Å². The molecular formula is Ni6O16P4. The topological polar surface area (TPSA) is 345 Å². The molecule has 0 bridgehead atoms. The molecule has 16 nitrogen and oxygen atoms in total. The summed E-state index contributed by atoms with van der Waals surface area (Å²) in [5.41, 5.74) is 0. The Hall–Kier alpha value is 3.40. The van der Waals surface area contributed by atoms with Crippen LogP contribution in [0.1, 0.15) is 0 Å². The quantitative estimate of drug-likeness (QED) is 0.165. The fourth-order valence-corrected chi connectivity index (χ4v) is 0. The van der Waals surface area contributed by atoms with Crippen molar-refractivity contribution in [3.8, 4) is 0 Å². The van der Waals surface area contributed by atoms with E-state index in [1.165, 1.54) is 0 Å². The van der Waals surface area contributed by atoms with Crippen LogP contribution in [0, 0.1) is 0 Å². The molecule has 0 N–H and O–H groups in total. The third kappa shape index (κ3) is 1650. The van der Waals surface area contributed by atoms with E-state index in [-0.39, 0.29) is 98.9 Å². The maximum atomic E-state index is 8.55. The van der Waals surface area contributed by atoms with Crippen LogP contribution in [0.3, 0.4) is 0 Å². The van der Waals surface area contributed by atoms with Crippen molar-refractivity contribution < 1.29 is 176 Å². The molecular weight excluding hydrogens is 732 g/mol. The van der Waals surface area contributed by atoms with Gasteiger partial charge in [0.2, 0.25) is 0 Å². The summed E-state index contributed by atoms with van der Waals surface area (Å²) in [6, 6.07) is 0. The van der Waals surface area contributed by atoms with Crippen LogP contribution in [-0.4, -0.2) is 0 Å². The van der Waals surface area contributed by atoms with Crippen LogP contribution in [0.4, 0.5) is 0 Å². The van der Waals surface area contributed by atoms with E-state index in [1.807, 2.05) is 0 Å². The number of hydrogen-bond donors (Lipinski definition) is 0. The van der Waals surface area contributed by atoms with Crippen molar-refractivity contribution in [1.29, 1.82) is 0 Å². The van der Waals surface area contributed by atoms with E-state index in [1.54, 1.807) is 0 Å². The first kappa shape index (κ1) is 63.0. The Bertz CT molecular complexity index is 299. The molecule has 26 heavy (non-hydrogen) atoms. The van der Waals surface area contributed by atoms with Gasteiger partial charge in [0.15, 0.2) is 0 Å². The molecule has 0 aliphatic carbocycles. The summed E-state index contributed by atoms with van der Waals surface area (Å²) < 4.78 is 34.2. The zero-order valence-electron chi connectivity index (χ0n) is 10.2. The summed E-state index contributed by atoms with van der Waals surface area (Å²) in [5, 5.41) is 0. The van der Waals surface area contributed by atoms with E-state index >= 15 is 0 Å². The van der Waals surface area contributed by atoms with Gasteiger partial charge in [-0.15, -0.1) is 0 Å². The molecule has 0 heterocycles. The van der Waals surface area contributed by atoms with Gasteiger partial charge in [0.05, 0.1) is 0 Å². The van der Waals surface area contributed by atoms with Gasteiger partial charge in [0.25, 0.3) is 0 Å². The van der Waals surface area contributed by atoms with Gasteiger partial charge in [-0.25, -0.2) is 0 Å². The normalized spacial score (nSPS) is 9.08. The Morgan fingerprint density at radius 2 is 0.269 bits per heavy atom. The minimum Gasteiger partial charge on any atom is -0.822 e. The zero-order valence-corrected chi connectivity index (χ0v) is 19.7. The summed E-state index contributed by atoms with van der Waals surface area (Å²) in [4.78, 5) is 103. The van der Waals surface area contributed by atoms with Crippen molar-refractivity contribution in [2.24, 2.45) is 0 Å². The molecule has 0 aromatic heterocycles. The van der Waals surface area contributed by atoms with Crippen molar-refractivity contribution in [2.75, 3.05) is 0 Å². The molecule has 0 aliphatic heterocycles. The third-order valence-corrected chi connectivity index (χ3v) is 0. The monoisotopic (exact) mass is 727 g/mol. The van der Waals surface area contributed by atoms with Gasteiger partial charge in [-0.2, -0.15) is 31.3 Å². The molecule has 176 valence electrons. The van der Waals surface area contributed by atoms with Crippen molar-refractivity contribution in [2.45, 2.75) is 0 Å². The molecule has 0 unspecified atom stereocenters. The molecule has 0 radical (unpaired) electrons. The average Bonchev–Trinajstić information content (AvgIpc) is 1.62. The predicted molar refractivity (Wildman–Crippen MR) is 30.4 cm³/mol. The maximum absolute atomic E-state index is 8.55. The van der Waals surface area contributed by atoms with Crippen molar-refractivity contribution >= 4 is 31.3 Å². The molecule has 0 amide bonds. The van der Waals surface area contributed by atoms with E-state index in [2.05, 4.69) is 0 Å². The van der Waals surface area contributed by atoms with Crippen LogP contribution in [0.25, 0.3) is 0 Å². The predicted octanol–water partition coefficient (Wildman–Crippen LogP) is -11.3. The first-order chi connectivity index (χ1) is 8.00. The van der Waals surface area contributed by atoms with Crippen molar-refractivity contribution in [3.63, 3.8) is 0 Å². The SMILES string of the molecule is O=P([O-])([O-])[O-].O=P([O-])([O-])[O-].O=P([O-])([O-])[O-].O=P([O-])([O-])[O-].[Ni+2].[Ni+2].[Ni+2].[Ni+2].[Ni+2].[Ni+2]. The van der Waals surface area contributed by atoms with Crippen LogP contribution in [0.15, 0.2) is 0 Å². The van der Waals surface area contributed by atoms with E-state index in [4.69, 9.17) is 77.0 Å². The second kappa shape index (κ2) is 28.4. The second-order valence-corrected chi connectivity index (χ2v) is 5.37. The minimum absolute atomic E-state index is 0. The van der Waals surface area contributed by atoms with Crippen molar-refractivity contribution in [1.82, 2.24) is 0 Å². The first-order valence-electron chi connectivity index (χ1n) is 2.92. The van der Waals surface area contributed by atoms with Crippen LogP contribution < -0.4 is 58.7 Å². The molecule has 0 saturated heterocycles. The van der Waals surface area contributed by atoms with Crippen LogP contribution in [-0.2, 0) is 117 Å². The summed E-state index contributed by atoms with van der Waals surface area (Å²) in [6.45, 7) is 0. The van der Waals surface area contributed by atoms with E-state index < -0.39 is 31.3 Å². The van der Waals surface area contributed by atoms with Gasteiger partial charge in [-0.3, -0.25) is 0 Å². The minimum atomic E-state index is -5.39. The van der Waals surface area contributed by atoms with Gasteiger partial charge in [0.1, 0.15) is 0 Å². The molecule has 0 aromatic carbocycles. The maximum Gasteiger partial charge on any atom is 2.00 e. The summed E-state index contributed by atoms with van der Waals surface area (Å²) >= 11 is 0. The molecule has 0 rings (SSSR count). The second-order valence-electron chi connectivity index (χ2n) is 1.79. The number of rotatable bonds is 0.